The van der Waals surface area contributed by atoms with Crippen molar-refractivity contribution in [2.45, 2.75) is 39.0 Å². The highest BCUT2D eigenvalue weighted by atomic mass is 16.9. The summed E-state index contributed by atoms with van der Waals surface area (Å²) in [4.78, 5) is 21.9. The van der Waals surface area contributed by atoms with Gasteiger partial charge in [-0.1, -0.05) is 30.3 Å². The Kier molecular flexibility index (Phi) is 5.40. The molecule has 0 saturated carbocycles. The number of nitrogens with one attached hydrogen (secondary N) is 1. The summed E-state index contributed by atoms with van der Waals surface area (Å²) in [6.45, 7) is 6.42. The molecule has 30 heavy (non-hydrogen) atoms. The van der Waals surface area contributed by atoms with E-state index < -0.39 is 11.7 Å². The molecule has 1 aliphatic heterocycles. The lowest BCUT2D eigenvalue weighted by Gasteiger charge is -2.23. The molecule has 4 rings (SSSR count). The minimum Gasteiger partial charge on any atom is -0.497 e. The lowest BCUT2D eigenvalue weighted by molar-refractivity contribution is -0.266. The number of aromatic nitrogens is 1. The summed E-state index contributed by atoms with van der Waals surface area (Å²) in [5, 5.41) is 4.18. The maximum atomic E-state index is 12.6. The zero-order chi connectivity index (χ0) is 21.3. The van der Waals surface area contributed by atoms with Crippen LogP contribution in [0.5, 0.6) is 5.75 Å². The topological polar surface area (TPSA) is 67.0 Å². The number of hydroxylamine groups is 4. The van der Waals surface area contributed by atoms with E-state index in [2.05, 4.69) is 4.98 Å². The van der Waals surface area contributed by atoms with Gasteiger partial charge in [0, 0.05) is 23.2 Å². The van der Waals surface area contributed by atoms with E-state index in [1.54, 1.807) is 7.11 Å². The highest BCUT2D eigenvalue weighted by Gasteiger charge is 2.39. The Morgan fingerprint density at radius 3 is 2.67 bits per heavy atom. The van der Waals surface area contributed by atoms with Crippen molar-refractivity contribution in [3.05, 3.63) is 65.9 Å². The number of H-pyrrole nitrogens is 1. The van der Waals surface area contributed by atoms with E-state index in [1.165, 1.54) is 5.06 Å². The monoisotopic (exact) mass is 409 g/mol. The molecule has 1 aliphatic rings. The normalized spacial score (nSPS) is 17.5. The molecule has 0 radical (unpaired) electrons. The van der Waals surface area contributed by atoms with E-state index in [4.69, 9.17) is 14.4 Å². The molecule has 1 aromatic heterocycles. The molecule has 158 valence electrons. The quantitative estimate of drug-likeness (QED) is 0.669. The Morgan fingerprint density at radius 1 is 1.20 bits per heavy atom. The molecular formula is C23H27N3O4. The smallest absolute Gasteiger partial charge is 0.436 e. The van der Waals surface area contributed by atoms with Crippen molar-refractivity contribution in [1.82, 2.24) is 15.1 Å². The van der Waals surface area contributed by atoms with Crippen LogP contribution in [0.2, 0.25) is 0 Å². The first-order valence-corrected chi connectivity index (χ1v) is 9.98. The molecule has 1 fully saturated rings. The molecule has 2 aromatic carbocycles. The molecular weight excluding hydrogens is 382 g/mol. The van der Waals surface area contributed by atoms with Gasteiger partial charge in [-0.25, -0.2) is 4.79 Å². The molecule has 1 unspecified atom stereocenters. The zero-order valence-corrected chi connectivity index (χ0v) is 17.7. The van der Waals surface area contributed by atoms with Crippen molar-refractivity contribution in [3.63, 3.8) is 0 Å². The van der Waals surface area contributed by atoms with Crippen molar-refractivity contribution in [2.75, 3.05) is 13.7 Å². The molecule has 0 bridgehead atoms. The Balaban J connectivity index is 1.65. The van der Waals surface area contributed by atoms with Gasteiger partial charge in [0.05, 0.1) is 26.2 Å². The maximum absolute atomic E-state index is 12.6. The lowest BCUT2D eigenvalue weighted by Crippen LogP contribution is -2.35. The van der Waals surface area contributed by atoms with Crippen molar-refractivity contribution in [2.24, 2.45) is 0 Å². The van der Waals surface area contributed by atoms with Crippen LogP contribution in [0.1, 0.15) is 37.9 Å². The average molecular weight is 409 g/mol. The fourth-order valence-electron chi connectivity index (χ4n) is 3.57. The van der Waals surface area contributed by atoms with Crippen LogP contribution in [0.25, 0.3) is 10.9 Å². The molecule has 1 N–H and O–H groups in total. The van der Waals surface area contributed by atoms with E-state index in [0.717, 1.165) is 27.8 Å². The Hall–Kier alpha value is -3.03. The first kappa shape index (κ1) is 20.3. The fourth-order valence-corrected chi connectivity index (χ4v) is 3.57. The second-order valence-electron chi connectivity index (χ2n) is 8.36. The number of fused-ring (bicyclic) bond motifs is 1. The van der Waals surface area contributed by atoms with E-state index in [0.29, 0.717) is 13.1 Å². The fraction of sp³-hybridized carbons (Fsp3) is 0.348. The largest absolute Gasteiger partial charge is 0.497 e. The lowest BCUT2D eigenvalue weighted by atomic mass is 10.0. The molecule has 2 heterocycles. The van der Waals surface area contributed by atoms with Gasteiger partial charge in [0.2, 0.25) is 0 Å². The summed E-state index contributed by atoms with van der Waals surface area (Å²) in [5.74, 6) is 0.787. The van der Waals surface area contributed by atoms with E-state index >= 15 is 0 Å². The number of carbonyl (C=O) groups excluding carboxylic acids is 1. The van der Waals surface area contributed by atoms with Gasteiger partial charge in [-0.15, -0.1) is 5.06 Å². The molecule has 7 nitrogen and oxygen atoms in total. The summed E-state index contributed by atoms with van der Waals surface area (Å²) in [5.41, 5.74) is 2.52. The minimum absolute atomic E-state index is 0.153. The number of carbonyl (C=O) groups is 1. The predicted octanol–water partition coefficient (Wildman–Crippen LogP) is 4.82. The molecule has 3 aromatic rings. The number of hydrogen-bond acceptors (Lipinski definition) is 5. The van der Waals surface area contributed by atoms with E-state index in [-0.39, 0.29) is 6.04 Å². The van der Waals surface area contributed by atoms with E-state index in [1.807, 2.05) is 80.6 Å². The number of methoxy groups -OCH3 is 1. The predicted molar refractivity (Wildman–Crippen MR) is 114 cm³/mol. The Morgan fingerprint density at radius 2 is 1.97 bits per heavy atom. The van der Waals surface area contributed by atoms with Crippen LogP contribution < -0.4 is 4.74 Å². The molecule has 1 saturated heterocycles. The van der Waals surface area contributed by atoms with Crippen LogP contribution in [-0.4, -0.2) is 40.5 Å². The molecule has 1 amide bonds. The van der Waals surface area contributed by atoms with Crippen LogP contribution in [0, 0.1) is 0 Å². The highest BCUT2D eigenvalue weighted by molar-refractivity contribution is 5.85. The van der Waals surface area contributed by atoms with Gasteiger partial charge in [0.25, 0.3) is 0 Å². The standard InChI is InChI=1S/C23H27N3O4/c1-23(2,3)29-22(27)26-15-21(25(30-26)14-16-8-6-5-7-9-16)19-13-24-20-12-17(28-4)10-11-18(19)20/h5-13,21,24H,14-15H2,1-4H3. The summed E-state index contributed by atoms with van der Waals surface area (Å²) in [6.07, 6.45) is 1.47. The van der Waals surface area contributed by atoms with Gasteiger partial charge in [-0.2, -0.15) is 10.0 Å². The number of aromatic amines is 1. The molecule has 1 atom stereocenters. The van der Waals surface area contributed by atoms with Gasteiger partial charge >= 0.3 is 6.09 Å². The second-order valence-corrected chi connectivity index (χ2v) is 8.36. The molecule has 0 aliphatic carbocycles. The number of hydrogen-bond donors (Lipinski definition) is 1. The third kappa shape index (κ3) is 4.27. The Bertz CT molecular complexity index is 1030. The van der Waals surface area contributed by atoms with Crippen LogP contribution in [0.3, 0.4) is 0 Å². The summed E-state index contributed by atoms with van der Waals surface area (Å²) in [7, 11) is 1.65. The number of nitrogens with zero attached hydrogens (tertiary/aromatic N) is 2. The van der Waals surface area contributed by atoms with E-state index in [9.17, 15) is 4.79 Å². The van der Waals surface area contributed by atoms with Crippen LogP contribution >= 0.6 is 0 Å². The van der Waals surface area contributed by atoms with Crippen molar-refractivity contribution in [3.8, 4) is 5.75 Å². The zero-order valence-electron chi connectivity index (χ0n) is 17.7. The van der Waals surface area contributed by atoms with Crippen molar-refractivity contribution < 1.29 is 19.2 Å². The van der Waals surface area contributed by atoms with Gasteiger partial charge in [-0.3, -0.25) is 0 Å². The van der Waals surface area contributed by atoms with Crippen LogP contribution in [0.15, 0.2) is 54.7 Å². The number of benzene rings is 2. The third-order valence-electron chi connectivity index (χ3n) is 4.95. The third-order valence-corrected chi connectivity index (χ3v) is 4.95. The summed E-state index contributed by atoms with van der Waals surface area (Å²) >= 11 is 0. The van der Waals surface area contributed by atoms with Gasteiger partial charge in [0.15, 0.2) is 0 Å². The minimum atomic E-state index is -0.597. The highest BCUT2D eigenvalue weighted by Crippen LogP contribution is 2.36. The summed E-state index contributed by atoms with van der Waals surface area (Å²) in [6, 6.07) is 15.8. The number of ether oxygens (including phenoxy) is 2. The number of rotatable bonds is 4. The maximum Gasteiger partial charge on any atom is 0.436 e. The van der Waals surface area contributed by atoms with Gasteiger partial charge in [-0.05, 0) is 44.0 Å². The first-order valence-electron chi connectivity index (χ1n) is 9.98. The van der Waals surface area contributed by atoms with Crippen molar-refractivity contribution in [1.29, 1.82) is 0 Å². The average Bonchev–Trinajstić information content (AvgIpc) is 3.31. The Labute approximate surface area is 176 Å². The second kappa shape index (κ2) is 8.01. The van der Waals surface area contributed by atoms with Crippen LogP contribution in [-0.2, 0) is 16.2 Å². The SMILES string of the molecule is COc1ccc2c(C3CN(C(=O)OC(C)(C)C)ON3Cc3ccccc3)c[nH]c2c1. The molecule has 7 heteroatoms. The molecule has 0 spiro atoms. The van der Waals surface area contributed by atoms with Gasteiger partial charge < -0.3 is 14.5 Å². The number of amides is 1. The first-order chi connectivity index (χ1) is 14.3. The summed E-state index contributed by atoms with van der Waals surface area (Å²) < 4.78 is 10.8. The van der Waals surface area contributed by atoms with Crippen LogP contribution in [0.4, 0.5) is 4.79 Å². The van der Waals surface area contributed by atoms with Crippen molar-refractivity contribution >= 4 is 17.0 Å². The van der Waals surface area contributed by atoms with Gasteiger partial charge in [0.1, 0.15) is 11.4 Å².